The van der Waals surface area contributed by atoms with Gasteiger partial charge in [0.05, 0.1) is 5.56 Å². The molecule has 11 heteroatoms. The van der Waals surface area contributed by atoms with Gasteiger partial charge in [-0.15, -0.1) is 0 Å². The zero-order valence-corrected chi connectivity index (χ0v) is 16.4. The van der Waals surface area contributed by atoms with Crippen molar-refractivity contribution in [2.24, 2.45) is 0 Å². The van der Waals surface area contributed by atoms with Crippen LogP contribution in [0.15, 0.2) is 42.7 Å². The number of alkyl halides is 3. The van der Waals surface area contributed by atoms with E-state index in [9.17, 15) is 32.7 Å². The van der Waals surface area contributed by atoms with Gasteiger partial charge in [0, 0.05) is 36.1 Å². The molecule has 2 aromatic heterocycles. The monoisotopic (exact) mass is 446 g/mol. The number of hydrogen-bond acceptors (Lipinski definition) is 5. The molecule has 1 aliphatic rings. The molecule has 8 nitrogen and oxygen atoms in total. The third kappa shape index (κ3) is 4.13. The lowest BCUT2D eigenvalue weighted by atomic mass is 10.1. The SMILES string of the molecule is O=C1CCC(n2cc3cc(CNC(=O)c4ccc(C(F)(F)F)nc4)ccc3c2O)C(=O)N1. The number of carbonyl (C=O) groups excluding carboxylic acids is 3. The van der Waals surface area contributed by atoms with Crippen LogP contribution in [0.2, 0.25) is 0 Å². The van der Waals surface area contributed by atoms with Crippen molar-refractivity contribution in [3.05, 3.63) is 59.5 Å². The van der Waals surface area contributed by atoms with Gasteiger partial charge in [-0.2, -0.15) is 13.2 Å². The summed E-state index contributed by atoms with van der Waals surface area (Å²) < 4.78 is 39.2. The quantitative estimate of drug-likeness (QED) is 0.534. The maximum atomic E-state index is 12.6. The van der Waals surface area contributed by atoms with E-state index in [1.807, 2.05) is 0 Å². The summed E-state index contributed by atoms with van der Waals surface area (Å²) in [5, 5.41) is 16.5. The molecule has 0 saturated carbocycles. The second-order valence-corrected chi connectivity index (χ2v) is 7.36. The van der Waals surface area contributed by atoms with E-state index in [2.05, 4.69) is 15.6 Å². The first-order valence-corrected chi connectivity index (χ1v) is 9.61. The molecule has 1 unspecified atom stereocenters. The fourth-order valence-corrected chi connectivity index (χ4v) is 3.55. The van der Waals surface area contributed by atoms with E-state index in [4.69, 9.17) is 0 Å². The molecule has 4 rings (SSSR count). The summed E-state index contributed by atoms with van der Waals surface area (Å²) in [7, 11) is 0. The number of aromatic hydroxyl groups is 1. The molecule has 166 valence electrons. The normalized spacial score (nSPS) is 16.8. The van der Waals surface area contributed by atoms with E-state index in [0.717, 1.165) is 18.3 Å². The maximum Gasteiger partial charge on any atom is 0.433 e. The standard InChI is InChI=1S/C21H17F3N4O4/c22-21(23,24)16-5-2-12(9-25-16)18(30)26-8-11-1-3-14-13(7-11)10-28(20(14)32)15-4-6-17(29)27-19(15)31/h1-3,5,7,9-10,15,32H,4,6,8H2,(H,26,30)(H,27,29,31). The van der Waals surface area contributed by atoms with Gasteiger partial charge in [-0.25, -0.2) is 0 Å². The number of hydrogen-bond donors (Lipinski definition) is 3. The van der Waals surface area contributed by atoms with Crippen molar-refractivity contribution in [3.63, 3.8) is 0 Å². The van der Waals surface area contributed by atoms with Crippen molar-refractivity contribution in [2.45, 2.75) is 31.6 Å². The summed E-state index contributed by atoms with van der Waals surface area (Å²) in [5.41, 5.74) is -0.424. The largest absolute Gasteiger partial charge is 0.494 e. The van der Waals surface area contributed by atoms with Crippen LogP contribution in [0.5, 0.6) is 5.88 Å². The van der Waals surface area contributed by atoms with Crippen LogP contribution in [-0.2, 0) is 22.3 Å². The molecule has 3 N–H and O–H groups in total. The molecular formula is C21H17F3N4O4. The summed E-state index contributed by atoms with van der Waals surface area (Å²) >= 11 is 0. The van der Waals surface area contributed by atoms with Gasteiger partial charge >= 0.3 is 6.18 Å². The highest BCUT2D eigenvalue weighted by Crippen LogP contribution is 2.33. The highest BCUT2D eigenvalue weighted by molar-refractivity contribution is 6.00. The highest BCUT2D eigenvalue weighted by Gasteiger charge is 2.32. The molecule has 0 aliphatic carbocycles. The number of nitrogens with one attached hydrogen (secondary N) is 2. The average Bonchev–Trinajstić information content (AvgIpc) is 3.07. The Labute approximate surface area is 179 Å². The van der Waals surface area contributed by atoms with Crippen molar-refractivity contribution in [2.75, 3.05) is 0 Å². The second-order valence-electron chi connectivity index (χ2n) is 7.36. The van der Waals surface area contributed by atoms with Gasteiger partial charge in [0.15, 0.2) is 5.88 Å². The molecule has 3 heterocycles. The summed E-state index contributed by atoms with van der Waals surface area (Å²) in [6, 6.07) is 6.09. The number of halogens is 3. The van der Waals surface area contributed by atoms with E-state index >= 15 is 0 Å². The first-order valence-electron chi connectivity index (χ1n) is 9.61. The number of nitrogens with zero attached hydrogens (tertiary/aromatic N) is 2. The lowest BCUT2D eigenvalue weighted by Crippen LogP contribution is -2.41. The fraction of sp³-hybridized carbons (Fsp3) is 0.238. The number of piperidine rings is 1. The molecule has 1 fully saturated rings. The fourth-order valence-electron chi connectivity index (χ4n) is 3.55. The van der Waals surface area contributed by atoms with Crippen LogP contribution in [-0.4, -0.2) is 32.4 Å². The lowest BCUT2D eigenvalue weighted by molar-refractivity contribution is -0.141. The minimum atomic E-state index is -4.58. The van der Waals surface area contributed by atoms with E-state index in [1.165, 1.54) is 4.57 Å². The average molecular weight is 446 g/mol. The molecular weight excluding hydrogens is 429 g/mol. The molecule has 32 heavy (non-hydrogen) atoms. The van der Waals surface area contributed by atoms with E-state index in [0.29, 0.717) is 16.3 Å². The van der Waals surface area contributed by atoms with Crippen LogP contribution in [0.1, 0.15) is 40.5 Å². The highest BCUT2D eigenvalue weighted by atomic mass is 19.4. The van der Waals surface area contributed by atoms with Crippen molar-refractivity contribution in [1.29, 1.82) is 0 Å². The van der Waals surface area contributed by atoms with Crippen LogP contribution >= 0.6 is 0 Å². The van der Waals surface area contributed by atoms with Gasteiger partial charge in [0.1, 0.15) is 11.7 Å². The number of aromatic nitrogens is 2. The third-order valence-corrected chi connectivity index (χ3v) is 5.19. The first kappa shape index (κ1) is 21.3. The molecule has 0 radical (unpaired) electrons. The Balaban J connectivity index is 1.48. The van der Waals surface area contributed by atoms with Gasteiger partial charge < -0.3 is 15.0 Å². The number of amides is 3. The molecule has 0 bridgehead atoms. The van der Waals surface area contributed by atoms with Gasteiger partial charge in [0.25, 0.3) is 5.91 Å². The topological polar surface area (TPSA) is 113 Å². The summed E-state index contributed by atoms with van der Waals surface area (Å²) in [5.74, 6) is -1.55. The number of carbonyl (C=O) groups is 3. The molecule has 1 aliphatic heterocycles. The summed E-state index contributed by atoms with van der Waals surface area (Å²) in [4.78, 5) is 38.9. The maximum absolute atomic E-state index is 12.6. The molecule has 1 saturated heterocycles. The Bertz CT molecular complexity index is 1220. The number of benzene rings is 1. The van der Waals surface area contributed by atoms with Crippen molar-refractivity contribution < 1.29 is 32.7 Å². The van der Waals surface area contributed by atoms with Gasteiger partial charge in [-0.3, -0.25) is 24.7 Å². The van der Waals surface area contributed by atoms with Gasteiger partial charge in [-0.1, -0.05) is 6.07 Å². The van der Waals surface area contributed by atoms with E-state index in [-0.39, 0.29) is 36.7 Å². The van der Waals surface area contributed by atoms with Crippen molar-refractivity contribution >= 4 is 28.5 Å². The molecule has 1 aromatic carbocycles. The van der Waals surface area contributed by atoms with Gasteiger partial charge in [0.2, 0.25) is 11.8 Å². The number of rotatable bonds is 4. The Morgan fingerprint density at radius 2 is 2.03 bits per heavy atom. The van der Waals surface area contributed by atoms with Crippen LogP contribution in [0.3, 0.4) is 0 Å². The predicted molar refractivity (Wildman–Crippen MR) is 105 cm³/mol. The minimum absolute atomic E-state index is 0.0132. The molecule has 3 aromatic rings. The summed E-state index contributed by atoms with van der Waals surface area (Å²) in [6.07, 6.45) is -1.70. The Hall–Kier alpha value is -3.89. The second kappa shape index (κ2) is 7.98. The van der Waals surface area contributed by atoms with Crippen LogP contribution in [0.4, 0.5) is 13.2 Å². The zero-order valence-electron chi connectivity index (χ0n) is 16.4. The zero-order chi connectivity index (χ0) is 23.0. The van der Waals surface area contributed by atoms with Crippen LogP contribution in [0.25, 0.3) is 10.8 Å². The van der Waals surface area contributed by atoms with Gasteiger partial charge in [-0.05, 0) is 36.2 Å². The molecule has 3 amide bonds. The van der Waals surface area contributed by atoms with Crippen LogP contribution < -0.4 is 10.6 Å². The Morgan fingerprint density at radius 3 is 2.69 bits per heavy atom. The third-order valence-electron chi connectivity index (χ3n) is 5.19. The smallest absolute Gasteiger partial charge is 0.433 e. The number of pyridine rings is 1. The number of imide groups is 1. The predicted octanol–water partition coefficient (Wildman–Crippen LogP) is 2.67. The van der Waals surface area contributed by atoms with Crippen LogP contribution in [0, 0.1) is 0 Å². The van der Waals surface area contributed by atoms with Crippen molar-refractivity contribution in [1.82, 2.24) is 20.2 Å². The summed E-state index contributed by atoms with van der Waals surface area (Å²) in [6.45, 7) is 0.0835. The molecule has 1 atom stereocenters. The Morgan fingerprint density at radius 1 is 1.25 bits per heavy atom. The Kier molecular flexibility index (Phi) is 5.33. The first-order chi connectivity index (χ1) is 15.1. The van der Waals surface area contributed by atoms with Crippen molar-refractivity contribution in [3.8, 4) is 5.88 Å². The van der Waals surface area contributed by atoms with E-state index < -0.39 is 29.7 Å². The minimum Gasteiger partial charge on any atom is -0.494 e. The molecule has 0 spiro atoms. The lowest BCUT2D eigenvalue weighted by Gasteiger charge is -2.22. The number of fused-ring (bicyclic) bond motifs is 1. The van der Waals surface area contributed by atoms with E-state index in [1.54, 1.807) is 24.4 Å².